The third kappa shape index (κ3) is 5.12. The number of aryl methyl sites for hydroxylation is 2. The summed E-state index contributed by atoms with van der Waals surface area (Å²) in [5.41, 5.74) is 2.30. The minimum absolute atomic E-state index is 0.0609. The summed E-state index contributed by atoms with van der Waals surface area (Å²) >= 11 is 1.71. The lowest BCUT2D eigenvalue weighted by atomic mass is 9.74. The van der Waals surface area contributed by atoms with Crippen molar-refractivity contribution in [3.05, 3.63) is 34.0 Å². The number of carbonyl (C=O) groups is 2. The Labute approximate surface area is 187 Å². The number of carboxylic acid groups (broad SMARTS) is 1. The molecule has 0 bridgehead atoms. The van der Waals surface area contributed by atoms with Gasteiger partial charge in [0, 0.05) is 57.6 Å². The van der Waals surface area contributed by atoms with E-state index in [-0.39, 0.29) is 17.4 Å². The minimum Gasteiger partial charge on any atom is -0.475 e. The highest BCUT2D eigenvalue weighted by atomic mass is 32.1. The first-order valence-electron chi connectivity index (χ1n) is 10.1. The number of aliphatic carboxylic acids is 1. The van der Waals surface area contributed by atoms with Gasteiger partial charge in [0.25, 0.3) is 0 Å². The molecule has 8 nitrogen and oxygen atoms in total. The molecule has 2 aromatic rings. The predicted octanol–water partition coefficient (Wildman–Crippen LogP) is 2.80. The molecule has 0 aliphatic carbocycles. The van der Waals surface area contributed by atoms with Crippen LogP contribution in [0.2, 0.25) is 0 Å². The van der Waals surface area contributed by atoms with Gasteiger partial charge in [-0.05, 0) is 25.3 Å². The summed E-state index contributed by atoms with van der Waals surface area (Å²) < 4.78 is 33.6. The Kier molecular flexibility index (Phi) is 6.94. The van der Waals surface area contributed by atoms with Crippen molar-refractivity contribution in [2.45, 2.75) is 50.4 Å². The normalized spacial score (nSPS) is 21.0. The van der Waals surface area contributed by atoms with Gasteiger partial charge < -0.3 is 10.0 Å². The smallest absolute Gasteiger partial charge is 0.475 e. The van der Waals surface area contributed by atoms with Gasteiger partial charge in [0.1, 0.15) is 0 Å². The van der Waals surface area contributed by atoms with E-state index in [0.29, 0.717) is 6.42 Å². The highest BCUT2D eigenvalue weighted by Crippen LogP contribution is 2.48. The second kappa shape index (κ2) is 9.18. The highest BCUT2D eigenvalue weighted by molar-refractivity contribution is 7.09. The first kappa shape index (κ1) is 24.2. The van der Waals surface area contributed by atoms with Crippen LogP contribution in [0, 0.1) is 6.92 Å². The predicted molar refractivity (Wildman–Crippen MR) is 111 cm³/mol. The summed E-state index contributed by atoms with van der Waals surface area (Å²) in [6, 6.07) is 0. The number of alkyl halides is 3. The number of thiazole rings is 1. The van der Waals surface area contributed by atoms with Crippen molar-refractivity contribution in [1.29, 1.82) is 0 Å². The number of hydrogen-bond donors (Lipinski definition) is 1. The third-order valence-corrected chi connectivity index (χ3v) is 7.04. The largest absolute Gasteiger partial charge is 0.490 e. The van der Waals surface area contributed by atoms with Crippen molar-refractivity contribution in [3.8, 4) is 0 Å². The zero-order valence-corrected chi connectivity index (χ0v) is 18.9. The van der Waals surface area contributed by atoms with Gasteiger partial charge in [-0.3, -0.25) is 14.4 Å². The van der Waals surface area contributed by atoms with Gasteiger partial charge in [0.05, 0.1) is 22.4 Å². The molecule has 0 saturated carbocycles. The third-order valence-electron chi connectivity index (χ3n) is 6.21. The molecule has 2 aliphatic rings. The minimum atomic E-state index is -5.08. The van der Waals surface area contributed by atoms with Crippen LogP contribution < -0.4 is 0 Å². The van der Waals surface area contributed by atoms with Crippen molar-refractivity contribution in [1.82, 2.24) is 24.6 Å². The van der Waals surface area contributed by atoms with E-state index in [4.69, 9.17) is 9.90 Å². The van der Waals surface area contributed by atoms with Crippen LogP contribution in [0.4, 0.5) is 13.2 Å². The number of rotatable bonds is 3. The average molecular weight is 474 g/mol. The Morgan fingerprint density at radius 3 is 2.41 bits per heavy atom. The number of carbonyl (C=O) groups excluding carboxylic acids is 1. The maximum absolute atomic E-state index is 12.5. The maximum Gasteiger partial charge on any atom is 0.490 e. The molecule has 1 N–H and O–H groups in total. The lowest BCUT2D eigenvalue weighted by Gasteiger charge is -2.46. The van der Waals surface area contributed by atoms with E-state index in [1.807, 2.05) is 29.9 Å². The molecule has 0 radical (unpaired) electrons. The van der Waals surface area contributed by atoms with Gasteiger partial charge >= 0.3 is 12.1 Å². The van der Waals surface area contributed by atoms with Crippen molar-refractivity contribution in [3.63, 3.8) is 0 Å². The SMILES string of the molecule is Cc1nc(CN2CCC3(CC2)C(c2cnn(C)c2)CC(=O)N3C)cs1.O=C(O)C(F)(F)F. The number of carboxylic acids is 1. The molecule has 2 aromatic heterocycles. The molecular weight excluding hydrogens is 447 g/mol. The van der Waals surface area contributed by atoms with Crippen LogP contribution in [0.15, 0.2) is 17.8 Å². The standard InChI is InChI=1S/C18H25N5OS.C2HF3O2/c1-13-20-15(12-25-13)11-23-6-4-18(5-7-23)16(8-17(24)22(18)3)14-9-19-21(2)10-14;3-2(4,5)1(6)7/h9-10,12,16H,4-8,11H2,1-3H3;(H,6,7). The number of aromatic nitrogens is 3. The Morgan fingerprint density at radius 1 is 1.31 bits per heavy atom. The van der Waals surface area contributed by atoms with Crippen LogP contribution >= 0.6 is 11.3 Å². The fraction of sp³-hybridized carbons (Fsp3) is 0.600. The van der Waals surface area contributed by atoms with E-state index >= 15 is 0 Å². The number of halogens is 3. The summed E-state index contributed by atoms with van der Waals surface area (Å²) in [4.78, 5) is 30.5. The Morgan fingerprint density at radius 2 is 1.94 bits per heavy atom. The molecule has 1 amide bonds. The molecule has 2 saturated heterocycles. The lowest BCUT2D eigenvalue weighted by Crippen LogP contribution is -2.53. The van der Waals surface area contributed by atoms with Crippen LogP contribution in [0.3, 0.4) is 0 Å². The molecule has 176 valence electrons. The quantitative estimate of drug-likeness (QED) is 0.737. The number of likely N-dealkylation sites (N-methyl/N-ethyl adjacent to an activating group) is 1. The van der Waals surface area contributed by atoms with Crippen LogP contribution in [0.1, 0.15) is 41.4 Å². The summed E-state index contributed by atoms with van der Waals surface area (Å²) in [5, 5.41) is 14.7. The fourth-order valence-corrected chi connectivity index (χ4v) is 5.13. The number of hydrogen-bond acceptors (Lipinski definition) is 6. The number of amides is 1. The van der Waals surface area contributed by atoms with Gasteiger partial charge in [-0.2, -0.15) is 18.3 Å². The number of nitrogens with zero attached hydrogens (tertiary/aromatic N) is 5. The molecule has 2 aliphatic heterocycles. The summed E-state index contributed by atoms with van der Waals surface area (Å²) in [6.45, 7) is 4.97. The molecule has 1 atom stereocenters. The van der Waals surface area contributed by atoms with Crippen molar-refractivity contribution < 1.29 is 27.9 Å². The first-order valence-corrected chi connectivity index (χ1v) is 11.0. The summed E-state index contributed by atoms with van der Waals surface area (Å²) in [7, 11) is 3.92. The summed E-state index contributed by atoms with van der Waals surface area (Å²) in [6.07, 6.45) is 1.55. The monoisotopic (exact) mass is 473 g/mol. The zero-order valence-electron chi connectivity index (χ0n) is 18.1. The fourth-order valence-electron chi connectivity index (χ4n) is 4.52. The average Bonchev–Trinajstić information content (AvgIpc) is 3.39. The molecule has 1 spiro atoms. The molecule has 12 heteroatoms. The zero-order chi connectivity index (χ0) is 23.7. The second-order valence-corrected chi connectivity index (χ2v) is 9.26. The van der Waals surface area contributed by atoms with E-state index in [9.17, 15) is 18.0 Å². The van der Waals surface area contributed by atoms with Crippen LogP contribution in [-0.4, -0.2) is 73.4 Å². The number of likely N-dealkylation sites (tertiary alicyclic amines) is 2. The lowest BCUT2D eigenvalue weighted by molar-refractivity contribution is -0.192. The van der Waals surface area contributed by atoms with Crippen LogP contribution in [0.25, 0.3) is 0 Å². The molecule has 1 unspecified atom stereocenters. The maximum atomic E-state index is 12.5. The molecule has 0 aromatic carbocycles. The van der Waals surface area contributed by atoms with E-state index in [0.717, 1.165) is 43.2 Å². The first-order chi connectivity index (χ1) is 14.9. The van der Waals surface area contributed by atoms with Gasteiger partial charge in [-0.15, -0.1) is 11.3 Å². The van der Waals surface area contributed by atoms with Gasteiger partial charge in [-0.1, -0.05) is 0 Å². The van der Waals surface area contributed by atoms with Crippen LogP contribution in [-0.2, 0) is 23.2 Å². The molecular formula is C20H26F3N5O3S. The molecule has 4 heterocycles. The van der Waals surface area contributed by atoms with E-state index in [1.165, 1.54) is 5.56 Å². The molecule has 4 rings (SSSR count). The molecule has 32 heavy (non-hydrogen) atoms. The van der Waals surface area contributed by atoms with Gasteiger partial charge in [0.2, 0.25) is 5.91 Å². The van der Waals surface area contributed by atoms with E-state index in [2.05, 4.69) is 33.5 Å². The highest BCUT2D eigenvalue weighted by Gasteiger charge is 2.52. The molecule has 2 fully saturated rings. The Hall–Kier alpha value is -2.47. The topological polar surface area (TPSA) is 91.6 Å². The Balaban J connectivity index is 0.000000360. The van der Waals surface area contributed by atoms with Crippen molar-refractivity contribution in [2.75, 3.05) is 20.1 Å². The Bertz CT molecular complexity index is 966. The van der Waals surface area contributed by atoms with Gasteiger partial charge in [0.15, 0.2) is 0 Å². The van der Waals surface area contributed by atoms with E-state index in [1.54, 1.807) is 11.3 Å². The number of piperidine rings is 1. The van der Waals surface area contributed by atoms with Gasteiger partial charge in [-0.25, -0.2) is 9.78 Å². The van der Waals surface area contributed by atoms with Crippen LogP contribution in [0.5, 0.6) is 0 Å². The van der Waals surface area contributed by atoms with Crippen molar-refractivity contribution >= 4 is 23.2 Å². The van der Waals surface area contributed by atoms with Crippen molar-refractivity contribution in [2.24, 2.45) is 7.05 Å². The second-order valence-electron chi connectivity index (χ2n) is 8.20. The van der Waals surface area contributed by atoms with E-state index < -0.39 is 12.1 Å². The summed E-state index contributed by atoms with van der Waals surface area (Å²) in [5.74, 6) is -2.24.